The zero-order chi connectivity index (χ0) is 98.1. The monoisotopic (exact) mass is 1950 g/mol. The molecular formula is C94H122LiN5O39. The number of aliphatic hydroxyl groups is 14. The minimum absolute atomic E-state index is 0. The molecular weight excluding hydrogens is 1830 g/mol. The summed E-state index contributed by atoms with van der Waals surface area (Å²) in [6, 6.07) is 50.3. The molecule has 6 aromatic carbocycles. The van der Waals surface area contributed by atoms with E-state index in [0.29, 0.717) is 22.3 Å². The molecule has 0 bridgehead atoms. The summed E-state index contributed by atoms with van der Waals surface area (Å²) < 4.78 is 139. The molecule has 17 N–H and O–H groups in total. The van der Waals surface area contributed by atoms with Crippen molar-refractivity contribution in [3.8, 4) is 0 Å². The van der Waals surface area contributed by atoms with E-state index in [9.17, 15) is 96.5 Å². The van der Waals surface area contributed by atoms with Crippen LogP contribution in [0.15, 0.2) is 187 Å². The SMILES string of the molecule is CC(=O)N[C@H]1[C@H]([C@H](O)[C@H](O)CO)O[C@@](O[C@@H]2[C@@H](O)[C@H](O[C@H]3[C@H](OCc4ccccc4)[C@@H](N)[C@H](O[C@H]4[C@@H](O)[C@@H](COCc5ccccc5)O[C@@H](O[C@H]5[C@H](OCc6ccccc6)[C@@H](OCc6ccccc6)[C@H](OCCCN=[N+]=[N-])O[C@@H]5COCc5ccccc5)[C@@H]4OCc4ccccc4)O[C@@H]3CO[C@@H]3O[C@H](CO)[C@@H](O[C@@H]4O[C@H](CO)[C@H](O)[C@H](O)[C@H]4O)[C@H](O)[C@H]3O)O[C@H](CO)[C@@H]2OC(C)=O)(C(=O)[O-])C[C@@H]1O.[Li+]. The van der Waals surface area contributed by atoms with Crippen molar-refractivity contribution in [1.29, 1.82) is 0 Å². The molecule has 0 saturated carbocycles. The summed E-state index contributed by atoms with van der Waals surface area (Å²) in [5, 5.41) is 180. The summed E-state index contributed by atoms with van der Waals surface area (Å²) in [5.41, 5.74) is 20.9. The number of nitrogens with zero attached hydrogens (tertiary/aromatic N) is 3. The third-order valence-electron chi connectivity index (χ3n) is 24.4. The number of benzene rings is 6. The number of hydrogen-bond acceptors (Lipinski definition) is 41. The minimum atomic E-state index is -3.45. The first kappa shape index (κ1) is 110. The van der Waals surface area contributed by atoms with Crippen LogP contribution in [0.2, 0.25) is 0 Å². The molecule has 7 aliphatic heterocycles. The molecule has 758 valence electrons. The molecule has 1 amide bonds. The van der Waals surface area contributed by atoms with Crippen LogP contribution in [0, 0.1) is 0 Å². The fourth-order valence-corrected chi connectivity index (χ4v) is 17.3. The minimum Gasteiger partial charge on any atom is -0.544 e. The second-order valence-electron chi connectivity index (χ2n) is 34.3. The van der Waals surface area contributed by atoms with Crippen molar-refractivity contribution < 1.29 is 209 Å². The molecule has 7 fully saturated rings. The predicted octanol–water partition coefficient (Wildman–Crippen LogP) is -5.65. The first-order valence-electron chi connectivity index (χ1n) is 45.4. The molecule has 7 saturated heterocycles. The fraction of sp³-hybridized carbons (Fsp3) is 0.585. The molecule has 44 nitrogen and oxygen atoms in total. The molecule has 45 heteroatoms. The van der Waals surface area contributed by atoms with Crippen LogP contribution in [-0.2, 0) is 153 Å². The third kappa shape index (κ3) is 28.7. The van der Waals surface area contributed by atoms with E-state index in [0.717, 1.165) is 25.0 Å². The van der Waals surface area contributed by atoms with Gasteiger partial charge in [-0.2, -0.15) is 0 Å². The van der Waals surface area contributed by atoms with E-state index >= 15 is 0 Å². The van der Waals surface area contributed by atoms with Crippen molar-refractivity contribution in [2.45, 2.75) is 287 Å². The van der Waals surface area contributed by atoms with Gasteiger partial charge in [-0.15, -0.1) is 0 Å². The number of carbonyl (C=O) groups is 3. The Bertz CT molecular complexity index is 4670. The predicted molar refractivity (Wildman–Crippen MR) is 466 cm³/mol. The van der Waals surface area contributed by atoms with Crippen molar-refractivity contribution >= 4 is 17.8 Å². The quantitative estimate of drug-likeness (QED) is 0.00423. The van der Waals surface area contributed by atoms with Gasteiger partial charge < -0.3 is 192 Å². The number of hydrogen-bond donors (Lipinski definition) is 16. The Kier molecular flexibility index (Phi) is 42.5. The maximum Gasteiger partial charge on any atom is 1.00 e. The molecule has 139 heavy (non-hydrogen) atoms. The maximum absolute atomic E-state index is 13.9. The van der Waals surface area contributed by atoms with E-state index in [1.165, 1.54) is 0 Å². The van der Waals surface area contributed by atoms with E-state index in [-0.39, 0.29) is 78.1 Å². The van der Waals surface area contributed by atoms with E-state index in [1.807, 2.05) is 109 Å². The Hall–Kier alpha value is -7.76. The number of carboxylic acid groups (broad SMARTS) is 1. The molecule has 13 rings (SSSR count). The first-order chi connectivity index (χ1) is 66.7. The molecule has 0 radical (unpaired) electrons. The van der Waals surface area contributed by atoms with Gasteiger partial charge in [0.15, 0.2) is 43.8 Å². The van der Waals surface area contributed by atoms with Crippen LogP contribution in [0.3, 0.4) is 0 Å². The Morgan fingerprint density at radius 1 is 0.453 bits per heavy atom. The summed E-state index contributed by atoms with van der Waals surface area (Å²) in [6.07, 6.45) is -63.9. The fourth-order valence-electron chi connectivity index (χ4n) is 17.3. The van der Waals surface area contributed by atoms with Crippen LogP contribution < -0.4 is 35.0 Å². The van der Waals surface area contributed by atoms with E-state index in [1.54, 1.807) is 72.8 Å². The molecule has 0 spiro atoms. The standard InChI is InChI=1S/C94H123N5O39.Li/c1-50(104)98-67-58(106)36-94(93(116)117,137-81(67)68(108)59(107)37-100)138-83-75(115)90(129-62(40-103)77(83)126-51(2)105)134-78-65(49-125-88-74(114)72(112)76(61(39-102)128-88)133-89-73(113)71(111)69(109)60(38-101)127-89)131-87(66(95)80(78)121-43-54-26-13-5-14-27-54)136-82-70(110)63(47-118-41-52-22-9-3-10-23-52)130-92(85(82)123-45-56-30-17-7-18-31-56)135-79-64(48-119-42-53-24-11-4-12-25-53)132-91(120-35-21-34-97-99-96)86(124-46-57-32-19-8-20-33-57)84(79)122-44-55-28-15-6-16-29-55;/h3-20,22-33,58-92,100-103,106-115H,21,34-49,95H2,1-2H3,(H,98,104)(H,116,117);/q;+1/p-1/t58-,59+,60+,61+,62+,63+,64+,65+,66+,67+,68+,69-,70-,71-,72+,73+,74+,75+,76+,77-,78+,79+,80+,81+,82-,83+,84-,85+,86+,87-,88+,89-,90-,91+,92-,94-;/m0./s1. The topological polar surface area (TPSA) is 638 Å². The van der Waals surface area contributed by atoms with Gasteiger partial charge in [-0.3, -0.25) is 9.59 Å². The Labute approximate surface area is 811 Å². The van der Waals surface area contributed by atoms with Crippen LogP contribution in [0.4, 0.5) is 0 Å². The molecule has 0 aliphatic carbocycles. The molecule has 7 aliphatic rings. The average Bonchev–Trinajstić information content (AvgIpc) is 0.733. The number of carbonyl (C=O) groups excluding carboxylic acids is 3. The number of ether oxygens (including phenoxy) is 21. The molecule has 7 heterocycles. The van der Waals surface area contributed by atoms with Crippen molar-refractivity contribution in [1.82, 2.24) is 5.32 Å². The third-order valence-corrected chi connectivity index (χ3v) is 24.4. The second-order valence-corrected chi connectivity index (χ2v) is 34.3. The van der Waals surface area contributed by atoms with Gasteiger partial charge in [0.1, 0.15) is 159 Å². The number of azide groups is 1. The van der Waals surface area contributed by atoms with E-state index in [2.05, 4.69) is 15.3 Å². The number of amides is 1. The van der Waals surface area contributed by atoms with Gasteiger partial charge in [-0.25, -0.2) is 0 Å². The van der Waals surface area contributed by atoms with Crippen molar-refractivity contribution in [2.24, 2.45) is 10.8 Å². The maximum atomic E-state index is 13.9. The van der Waals surface area contributed by atoms with Gasteiger partial charge in [0.2, 0.25) is 11.7 Å². The zero-order valence-electron chi connectivity index (χ0n) is 76.4. The van der Waals surface area contributed by atoms with Crippen LogP contribution in [0.5, 0.6) is 0 Å². The number of aliphatic hydroxyl groups excluding tert-OH is 14. The largest absolute Gasteiger partial charge is 1.00 e. The number of carboxylic acids is 1. The summed E-state index contributed by atoms with van der Waals surface area (Å²) in [7, 11) is 0. The van der Waals surface area contributed by atoms with Crippen LogP contribution >= 0.6 is 0 Å². The van der Waals surface area contributed by atoms with Gasteiger partial charge in [-0.05, 0) is 45.3 Å². The zero-order valence-corrected chi connectivity index (χ0v) is 76.4. The number of rotatable bonds is 47. The van der Waals surface area contributed by atoms with Gasteiger partial charge in [0.25, 0.3) is 0 Å². The van der Waals surface area contributed by atoms with Gasteiger partial charge in [0, 0.05) is 38.3 Å². The number of nitrogens with two attached hydrogens (primary N) is 1. The van der Waals surface area contributed by atoms with Gasteiger partial charge >= 0.3 is 24.8 Å². The van der Waals surface area contributed by atoms with Gasteiger partial charge in [-0.1, -0.05) is 187 Å². The van der Waals surface area contributed by atoms with Crippen molar-refractivity contribution in [3.63, 3.8) is 0 Å². The van der Waals surface area contributed by atoms with Crippen LogP contribution in [-0.4, -0.2) is 369 Å². The Balaban J connectivity index is 0.0000173. The first-order valence-corrected chi connectivity index (χ1v) is 45.4. The summed E-state index contributed by atoms with van der Waals surface area (Å²) in [4.78, 5) is 42.8. The van der Waals surface area contributed by atoms with E-state index in [4.69, 9.17) is 105 Å². The van der Waals surface area contributed by atoms with Crippen molar-refractivity contribution in [3.05, 3.63) is 226 Å². The molecule has 0 aromatic heterocycles. The van der Waals surface area contributed by atoms with E-state index < -0.39 is 291 Å². The second kappa shape index (κ2) is 53.7. The van der Waals surface area contributed by atoms with Crippen LogP contribution in [0.25, 0.3) is 10.4 Å². The number of esters is 1. The Morgan fingerprint density at radius 2 is 0.878 bits per heavy atom. The molecule has 6 aromatic rings. The normalized spacial score (nSPS) is 35.2. The summed E-state index contributed by atoms with van der Waals surface area (Å²) >= 11 is 0. The Morgan fingerprint density at radius 3 is 1.39 bits per heavy atom. The molecule has 0 unspecified atom stereocenters. The average molecular weight is 1950 g/mol. The summed E-state index contributed by atoms with van der Waals surface area (Å²) in [5.74, 6) is -7.83. The van der Waals surface area contributed by atoms with Crippen LogP contribution in [0.1, 0.15) is 60.1 Å². The molecule has 36 atom stereocenters. The summed E-state index contributed by atoms with van der Waals surface area (Å²) in [6.45, 7) is -5.01. The number of nitrogens with one attached hydrogen (secondary N) is 1. The smallest absolute Gasteiger partial charge is 0.544 e. The van der Waals surface area contributed by atoms with Gasteiger partial charge in [0.05, 0.1) is 104 Å². The van der Waals surface area contributed by atoms with Crippen molar-refractivity contribution in [2.75, 3.05) is 59.4 Å². The number of aliphatic carboxylic acids is 1.